The van der Waals surface area contributed by atoms with Crippen molar-refractivity contribution in [3.63, 3.8) is 0 Å². The van der Waals surface area contributed by atoms with Gasteiger partial charge in [-0.3, -0.25) is 9.79 Å². The second-order valence-electron chi connectivity index (χ2n) is 7.46. The Morgan fingerprint density at radius 3 is 2.62 bits per heavy atom. The Balaban J connectivity index is 2.18. The molecule has 0 unspecified atom stereocenters. The zero-order valence-corrected chi connectivity index (χ0v) is 16.2. The molecule has 0 saturated heterocycles. The molecule has 0 fully saturated rings. The van der Waals surface area contributed by atoms with Crippen LogP contribution in [-0.2, 0) is 4.79 Å². The van der Waals surface area contributed by atoms with Crippen LogP contribution in [0, 0.1) is 0 Å². The third kappa shape index (κ3) is 3.28. The highest BCUT2D eigenvalue weighted by Crippen LogP contribution is 2.36. The Kier molecular flexibility index (Phi) is 4.94. The van der Waals surface area contributed by atoms with Gasteiger partial charge in [-0.15, -0.1) is 0 Å². The molecule has 2 aromatic rings. The van der Waals surface area contributed by atoms with Gasteiger partial charge in [0.05, 0.1) is 29.9 Å². The van der Waals surface area contributed by atoms with Crippen LogP contribution in [0.1, 0.15) is 46.2 Å². The minimum atomic E-state index is 0.0339. The van der Waals surface area contributed by atoms with Crippen LogP contribution >= 0.6 is 0 Å². The van der Waals surface area contributed by atoms with E-state index < -0.39 is 0 Å². The maximum absolute atomic E-state index is 11.8. The zero-order chi connectivity index (χ0) is 19.0. The summed E-state index contributed by atoms with van der Waals surface area (Å²) in [5.74, 6) is 0.257. The van der Waals surface area contributed by atoms with Crippen LogP contribution in [0.4, 0.5) is 5.69 Å². The third-order valence-corrected chi connectivity index (χ3v) is 4.70. The van der Waals surface area contributed by atoms with E-state index in [-0.39, 0.29) is 17.8 Å². The van der Waals surface area contributed by atoms with Crippen molar-refractivity contribution in [2.45, 2.75) is 46.7 Å². The molecule has 0 spiro atoms. The largest absolute Gasteiger partial charge is 0.494 e. The third-order valence-electron chi connectivity index (χ3n) is 4.70. The van der Waals surface area contributed by atoms with Gasteiger partial charge >= 0.3 is 0 Å². The quantitative estimate of drug-likeness (QED) is 0.882. The second-order valence-corrected chi connectivity index (χ2v) is 7.46. The van der Waals surface area contributed by atoms with E-state index in [0.29, 0.717) is 25.7 Å². The summed E-state index contributed by atoms with van der Waals surface area (Å²) in [5.41, 5.74) is 3.50. The number of aromatic nitrogens is 1. The van der Waals surface area contributed by atoms with Crippen LogP contribution in [0.25, 0.3) is 10.9 Å². The van der Waals surface area contributed by atoms with Crippen LogP contribution in [-0.4, -0.2) is 51.9 Å². The van der Waals surface area contributed by atoms with Crippen molar-refractivity contribution in [1.29, 1.82) is 0 Å². The molecule has 1 aromatic carbocycles. The standard InChI is InChI=1S/C20H28N4O2/c1-12(2)22-15-6-7-18-16(10-15)19(20(26)24(18)13(3)4)17-11-23(14(5)25)9-8-21-17/h6-7,10,12-13,22,26H,8-9,11H2,1-5H3. The number of hydrogen-bond acceptors (Lipinski definition) is 4. The number of rotatable bonds is 4. The summed E-state index contributed by atoms with van der Waals surface area (Å²) < 4.78 is 1.93. The molecule has 1 amide bonds. The first kappa shape index (κ1) is 18.3. The summed E-state index contributed by atoms with van der Waals surface area (Å²) in [4.78, 5) is 18.2. The number of aliphatic imine (C=N–C) groups is 1. The zero-order valence-electron chi connectivity index (χ0n) is 16.2. The number of benzene rings is 1. The number of carbonyl (C=O) groups is 1. The lowest BCUT2D eigenvalue weighted by molar-refractivity contribution is -0.128. The van der Waals surface area contributed by atoms with Crippen molar-refractivity contribution >= 4 is 28.2 Å². The summed E-state index contributed by atoms with van der Waals surface area (Å²) in [6.45, 7) is 11.5. The van der Waals surface area contributed by atoms with Gasteiger partial charge in [-0.05, 0) is 45.9 Å². The number of hydrogen-bond donors (Lipinski definition) is 2. The van der Waals surface area contributed by atoms with E-state index >= 15 is 0 Å². The first-order valence-electron chi connectivity index (χ1n) is 9.22. The molecular formula is C20H28N4O2. The van der Waals surface area contributed by atoms with E-state index in [1.165, 1.54) is 0 Å². The predicted molar refractivity (Wildman–Crippen MR) is 106 cm³/mol. The highest BCUT2D eigenvalue weighted by molar-refractivity contribution is 6.15. The van der Waals surface area contributed by atoms with Gasteiger partial charge in [0.2, 0.25) is 11.8 Å². The lowest BCUT2D eigenvalue weighted by atomic mass is 10.1. The molecule has 2 heterocycles. The highest BCUT2D eigenvalue weighted by Gasteiger charge is 2.26. The number of carbonyl (C=O) groups excluding carboxylic acids is 1. The Morgan fingerprint density at radius 2 is 2.00 bits per heavy atom. The van der Waals surface area contributed by atoms with E-state index in [0.717, 1.165) is 27.9 Å². The molecule has 6 nitrogen and oxygen atoms in total. The molecule has 26 heavy (non-hydrogen) atoms. The molecule has 0 atom stereocenters. The molecular weight excluding hydrogens is 328 g/mol. The number of aromatic hydroxyl groups is 1. The van der Waals surface area contributed by atoms with Crippen LogP contribution in [0.15, 0.2) is 23.2 Å². The van der Waals surface area contributed by atoms with Crippen molar-refractivity contribution in [2.75, 3.05) is 25.0 Å². The first-order valence-corrected chi connectivity index (χ1v) is 9.22. The summed E-state index contributed by atoms with van der Waals surface area (Å²) in [6, 6.07) is 6.57. The molecule has 3 rings (SSSR count). The van der Waals surface area contributed by atoms with E-state index in [9.17, 15) is 9.90 Å². The molecule has 140 valence electrons. The molecule has 0 saturated carbocycles. The van der Waals surface area contributed by atoms with Crippen molar-refractivity contribution in [3.05, 3.63) is 23.8 Å². The number of amides is 1. The molecule has 0 bridgehead atoms. The molecule has 1 aliphatic heterocycles. The van der Waals surface area contributed by atoms with E-state index in [4.69, 9.17) is 0 Å². The minimum Gasteiger partial charge on any atom is -0.494 e. The molecule has 2 N–H and O–H groups in total. The van der Waals surface area contributed by atoms with Crippen molar-refractivity contribution in [1.82, 2.24) is 9.47 Å². The lowest BCUT2D eigenvalue weighted by Crippen LogP contribution is -2.39. The number of nitrogens with zero attached hydrogens (tertiary/aromatic N) is 3. The monoisotopic (exact) mass is 356 g/mol. The molecule has 1 aromatic heterocycles. The van der Waals surface area contributed by atoms with Gasteiger partial charge in [-0.25, -0.2) is 0 Å². The Bertz CT molecular complexity index is 864. The van der Waals surface area contributed by atoms with Crippen molar-refractivity contribution < 1.29 is 9.90 Å². The highest BCUT2D eigenvalue weighted by atomic mass is 16.3. The number of nitrogens with one attached hydrogen (secondary N) is 1. The van der Waals surface area contributed by atoms with Crippen LogP contribution in [0.2, 0.25) is 0 Å². The van der Waals surface area contributed by atoms with Gasteiger partial charge < -0.3 is 19.9 Å². The second kappa shape index (κ2) is 7.02. The minimum absolute atomic E-state index is 0.0339. The normalized spacial score (nSPS) is 15.0. The fourth-order valence-electron chi connectivity index (χ4n) is 3.57. The van der Waals surface area contributed by atoms with Crippen LogP contribution in [0.3, 0.4) is 0 Å². The van der Waals surface area contributed by atoms with E-state index in [1.807, 2.05) is 30.5 Å². The summed E-state index contributed by atoms with van der Waals surface area (Å²) >= 11 is 0. The summed E-state index contributed by atoms with van der Waals surface area (Å²) in [7, 11) is 0. The predicted octanol–water partition coefficient (Wildman–Crippen LogP) is 3.40. The molecule has 0 radical (unpaired) electrons. The number of fused-ring (bicyclic) bond motifs is 1. The topological polar surface area (TPSA) is 69.9 Å². The van der Waals surface area contributed by atoms with Crippen molar-refractivity contribution in [2.24, 2.45) is 4.99 Å². The molecule has 6 heteroatoms. The van der Waals surface area contributed by atoms with Gasteiger partial charge in [0.25, 0.3) is 0 Å². The smallest absolute Gasteiger partial charge is 0.219 e. The van der Waals surface area contributed by atoms with Crippen LogP contribution in [0.5, 0.6) is 5.88 Å². The maximum atomic E-state index is 11.8. The van der Waals surface area contributed by atoms with Gasteiger partial charge in [-0.2, -0.15) is 0 Å². The van der Waals surface area contributed by atoms with E-state index in [1.54, 1.807) is 11.8 Å². The average Bonchev–Trinajstić information content (AvgIpc) is 2.85. The van der Waals surface area contributed by atoms with Crippen molar-refractivity contribution in [3.8, 4) is 5.88 Å². The molecule has 0 aliphatic carbocycles. The lowest BCUT2D eigenvalue weighted by Gasteiger charge is -2.25. The Labute approximate surface area is 154 Å². The Morgan fingerprint density at radius 1 is 1.27 bits per heavy atom. The average molecular weight is 356 g/mol. The number of anilines is 1. The first-order chi connectivity index (χ1) is 12.3. The maximum Gasteiger partial charge on any atom is 0.219 e. The summed E-state index contributed by atoms with van der Waals surface area (Å²) in [6.07, 6.45) is 0. The van der Waals surface area contributed by atoms with Gasteiger partial charge in [-0.1, -0.05) is 0 Å². The fraction of sp³-hybridized carbons (Fsp3) is 0.500. The Hall–Kier alpha value is -2.50. The van der Waals surface area contributed by atoms with Crippen LogP contribution < -0.4 is 5.32 Å². The SMILES string of the molecule is CC(=O)N1CCN=C(c2c(O)n(C(C)C)c3ccc(NC(C)C)cc23)C1. The van der Waals surface area contributed by atoms with Gasteiger partial charge in [0, 0.05) is 36.6 Å². The summed E-state index contributed by atoms with van der Waals surface area (Å²) in [5, 5.41) is 15.4. The van der Waals surface area contributed by atoms with Gasteiger partial charge in [0.1, 0.15) is 0 Å². The molecule has 1 aliphatic rings. The van der Waals surface area contributed by atoms with Gasteiger partial charge in [0.15, 0.2) is 0 Å². The fourth-order valence-corrected chi connectivity index (χ4v) is 3.57. The van der Waals surface area contributed by atoms with E-state index in [2.05, 4.69) is 30.2 Å².